The van der Waals surface area contributed by atoms with Crippen LogP contribution < -0.4 is 4.90 Å². The molecular weight excluding hydrogens is 427 g/mol. The average Bonchev–Trinajstić information content (AvgIpc) is 3.22. The summed E-state index contributed by atoms with van der Waals surface area (Å²) in [4.78, 5) is 18.2. The van der Waals surface area contributed by atoms with Crippen molar-refractivity contribution in [2.24, 2.45) is 4.99 Å². The molecule has 0 aromatic heterocycles. The lowest BCUT2D eigenvalue weighted by molar-refractivity contribution is -0.129. The molecule has 0 saturated carbocycles. The second-order valence-electron chi connectivity index (χ2n) is 6.81. The van der Waals surface area contributed by atoms with Gasteiger partial charge >= 0.3 is 5.97 Å². The zero-order valence-electron chi connectivity index (χ0n) is 17.5. The number of hydrogen-bond donors (Lipinski definition) is 0. The highest BCUT2D eigenvalue weighted by molar-refractivity contribution is 6.18. The zero-order valence-corrected chi connectivity index (χ0v) is 18.3. The van der Waals surface area contributed by atoms with Gasteiger partial charge in [-0.25, -0.2) is 14.2 Å². The molecule has 32 heavy (non-hydrogen) atoms. The molecule has 0 bridgehead atoms. The highest BCUT2D eigenvalue weighted by Gasteiger charge is 2.23. The molecule has 0 fully saturated rings. The molecule has 0 radical (unpaired) electrons. The zero-order chi connectivity index (χ0) is 22.6. The molecule has 0 spiro atoms. The van der Waals surface area contributed by atoms with Crippen molar-refractivity contribution in [3.8, 4) is 0 Å². The first kappa shape index (κ1) is 23.2. The van der Waals surface area contributed by atoms with Crippen LogP contribution >= 0.6 is 11.6 Å². The van der Waals surface area contributed by atoms with E-state index in [1.807, 2.05) is 95.9 Å². The van der Waals surface area contributed by atoms with Gasteiger partial charge < -0.3 is 9.64 Å². The Kier molecular flexibility index (Phi) is 9.02. The number of carbonyl (C=O) groups excluding carboxylic acids is 1. The number of rotatable bonds is 7. The van der Waals surface area contributed by atoms with Crippen LogP contribution in [0.3, 0.4) is 0 Å². The van der Waals surface area contributed by atoms with Crippen molar-refractivity contribution in [3.63, 3.8) is 0 Å². The van der Waals surface area contributed by atoms with Gasteiger partial charge in [0.15, 0.2) is 5.70 Å². The molecule has 0 amide bonds. The fourth-order valence-electron chi connectivity index (χ4n) is 3.01. The van der Waals surface area contributed by atoms with Gasteiger partial charge in [-0.05, 0) is 35.9 Å². The van der Waals surface area contributed by atoms with Gasteiger partial charge in [0.2, 0.25) is 5.90 Å². The van der Waals surface area contributed by atoms with Gasteiger partial charge in [-0.2, -0.15) is 0 Å². The highest BCUT2D eigenvalue weighted by Crippen LogP contribution is 2.21. The molecule has 0 aliphatic carbocycles. The molecule has 4 nitrogen and oxygen atoms in total. The van der Waals surface area contributed by atoms with Crippen LogP contribution in [0.25, 0.3) is 6.08 Å². The van der Waals surface area contributed by atoms with Gasteiger partial charge in [-0.1, -0.05) is 66.7 Å². The van der Waals surface area contributed by atoms with Crippen molar-refractivity contribution in [1.29, 1.82) is 0 Å². The minimum absolute atomic E-state index is 0.248. The molecule has 1 aliphatic rings. The van der Waals surface area contributed by atoms with E-state index in [0.717, 1.165) is 16.8 Å². The van der Waals surface area contributed by atoms with Crippen molar-refractivity contribution in [2.45, 2.75) is 0 Å². The number of aliphatic imine (C=N–C) groups is 1. The average molecular weight is 451 g/mol. The fourth-order valence-corrected chi connectivity index (χ4v) is 3.22. The summed E-state index contributed by atoms with van der Waals surface area (Å²) in [6.45, 7) is 0.429. The lowest BCUT2D eigenvalue weighted by Crippen LogP contribution is -2.27. The number of ether oxygens (including phenoxy) is 1. The second-order valence-corrected chi connectivity index (χ2v) is 7.19. The van der Waals surface area contributed by atoms with Crippen LogP contribution in [0.1, 0.15) is 11.1 Å². The van der Waals surface area contributed by atoms with Crippen molar-refractivity contribution >= 4 is 35.2 Å². The molecule has 3 aromatic carbocycles. The number of hydrogen-bond acceptors (Lipinski definition) is 4. The number of halogens is 2. The molecule has 4 rings (SSSR count). The maximum absolute atomic E-state index is 12.7. The Balaban J connectivity index is 0.000000416. The minimum Gasteiger partial charge on any atom is -0.402 e. The van der Waals surface area contributed by atoms with Gasteiger partial charge in [0, 0.05) is 30.2 Å². The maximum atomic E-state index is 12.7. The van der Waals surface area contributed by atoms with E-state index >= 15 is 0 Å². The van der Waals surface area contributed by atoms with Gasteiger partial charge in [-0.15, -0.1) is 11.6 Å². The van der Waals surface area contributed by atoms with Crippen LogP contribution in [0.2, 0.25) is 0 Å². The SMILES string of the molecule is O=C1OC(c2ccccc2)=NC1=Cc1ccc(N(CCF)CCCl)cc1.c1ccccc1. The quantitative estimate of drug-likeness (QED) is 0.262. The summed E-state index contributed by atoms with van der Waals surface area (Å²) in [5.41, 5.74) is 2.69. The van der Waals surface area contributed by atoms with Gasteiger partial charge in [-0.3, -0.25) is 0 Å². The molecule has 164 valence electrons. The van der Waals surface area contributed by atoms with Gasteiger partial charge in [0.1, 0.15) is 6.67 Å². The number of alkyl halides is 2. The van der Waals surface area contributed by atoms with E-state index < -0.39 is 12.6 Å². The third-order valence-electron chi connectivity index (χ3n) is 4.58. The molecule has 0 unspecified atom stereocenters. The molecular formula is C26H24ClFN2O2. The second kappa shape index (κ2) is 12.4. The van der Waals surface area contributed by atoms with E-state index in [9.17, 15) is 9.18 Å². The third kappa shape index (κ3) is 6.79. The predicted molar refractivity (Wildman–Crippen MR) is 129 cm³/mol. The van der Waals surface area contributed by atoms with E-state index in [1.165, 1.54) is 0 Å². The number of cyclic esters (lactones) is 1. The minimum atomic E-state index is -0.478. The lowest BCUT2D eigenvalue weighted by atomic mass is 10.1. The van der Waals surface area contributed by atoms with E-state index in [0.29, 0.717) is 24.9 Å². The Morgan fingerprint density at radius 1 is 0.875 bits per heavy atom. The largest absolute Gasteiger partial charge is 0.402 e. The van der Waals surface area contributed by atoms with E-state index in [1.54, 1.807) is 6.08 Å². The van der Waals surface area contributed by atoms with Crippen LogP contribution in [-0.4, -0.2) is 37.5 Å². The Morgan fingerprint density at radius 2 is 1.47 bits per heavy atom. The van der Waals surface area contributed by atoms with E-state index in [4.69, 9.17) is 16.3 Å². The molecule has 0 atom stereocenters. The number of carbonyl (C=O) groups is 1. The Bertz CT molecular complexity index is 1010. The molecule has 1 heterocycles. The fraction of sp³-hybridized carbons (Fsp3) is 0.154. The van der Waals surface area contributed by atoms with E-state index in [-0.39, 0.29) is 5.70 Å². The van der Waals surface area contributed by atoms with Crippen molar-refractivity contribution in [3.05, 3.63) is 108 Å². The predicted octanol–water partition coefficient (Wildman–Crippen LogP) is 5.73. The normalized spacial score (nSPS) is 13.8. The highest BCUT2D eigenvalue weighted by atomic mass is 35.5. The summed E-state index contributed by atoms with van der Waals surface area (Å²) >= 11 is 5.77. The van der Waals surface area contributed by atoms with Gasteiger partial charge in [0.25, 0.3) is 0 Å². The van der Waals surface area contributed by atoms with Crippen molar-refractivity contribution < 1.29 is 13.9 Å². The summed E-state index contributed by atoms with van der Waals surface area (Å²) < 4.78 is 17.9. The van der Waals surface area contributed by atoms with Crippen LogP contribution in [0, 0.1) is 0 Å². The van der Waals surface area contributed by atoms with Crippen LogP contribution in [0.5, 0.6) is 0 Å². The number of anilines is 1. The molecule has 3 aromatic rings. The van der Waals surface area contributed by atoms with Crippen molar-refractivity contribution in [1.82, 2.24) is 0 Å². The molecule has 1 aliphatic heterocycles. The smallest absolute Gasteiger partial charge is 0.363 e. The Labute approximate surface area is 192 Å². The van der Waals surface area contributed by atoms with Crippen LogP contribution in [0.15, 0.2) is 102 Å². The summed E-state index contributed by atoms with van der Waals surface area (Å²) in [5.74, 6) is 0.248. The first-order valence-electron chi connectivity index (χ1n) is 10.3. The monoisotopic (exact) mass is 450 g/mol. The number of benzene rings is 3. The third-order valence-corrected chi connectivity index (χ3v) is 4.75. The first-order valence-corrected chi connectivity index (χ1v) is 10.8. The summed E-state index contributed by atoms with van der Waals surface area (Å²) in [7, 11) is 0. The number of esters is 1. The lowest BCUT2D eigenvalue weighted by Gasteiger charge is -2.22. The van der Waals surface area contributed by atoms with Crippen LogP contribution in [-0.2, 0) is 9.53 Å². The summed E-state index contributed by atoms with van der Waals surface area (Å²) in [5, 5.41) is 0. The number of nitrogens with zero attached hydrogens (tertiary/aromatic N) is 2. The van der Waals surface area contributed by atoms with Crippen molar-refractivity contribution in [2.75, 3.05) is 30.5 Å². The molecule has 0 N–H and O–H groups in total. The summed E-state index contributed by atoms with van der Waals surface area (Å²) in [6, 6.07) is 28.7. The van der Waals surface area contributed by atoms with E-state index in [2.05, 4.69) is 4.99 Å². The Hall–Kier alpha value is -3.44. The maximum Gasteiger partial charge on any atom is 0.363 e. The topological polar surface area (TPSA) is 41.9 Å². The Morgan fingerprint density at radius 3 is 2.03 bits per heavy atom. The molecule has 6 heteroatoms. The van der Waals surface area contributed by atoms with Crippen LogP contribution in [0.4, 0.5) is 10.1 Å². The van der Waals surface area contributed by atoms with Gasteiger partial charge in [0.05, 0.1) is 0 Å². The summed E-state index contributed by atoms with van der Waals surface area (Å²) in [6.07, 6.45) is 1.67. The first-order chi connectivity index (χ1) is 15.7. The molecule has 0 saturated heterocycles. The standard InChI is InChI=1S/C20H18ClFN2O2.C6H6/c21-10-12-24(13-11-22)17-8-6-15(7-9-17)14-18-20(25)26-19(23-18)16-4-2-1-3-5-16;1-2-4-6-5-3-1/h1-9,14H,10-13H2;1-6H.